The number of benzene rings is 1. The van der Waals surface area contributed by atoms with E-state index in [1.165, 1.54) is 5.56 Å². The molecule has 0 aliphatic carbocycles. The summed E-state index contributed by atoms with van der Waals surface area (Å²) in [5.74, 6) is 1.94. The summed E-state index contributed by atoms with van der Waals surface area (Å²) in [5.41, 5.74) is 3.95. The number of aromatic nitrogens is 2. The second kappa shape index (κ2) is 11.0. The van der Waals surface area contributed by atoms with Crippen LogP contribution in [0, 0.1) is 6.92 Å². The van der Waals surface area contributed by atoms with E-state index in [0.29, 0.717) is 37.4 Å². The summed E-state index contributed by atoms with van der Waals surface area (Å²) in [7, 11) is 1.73. The van der Waals surface area contributed by atoms with Gasteiger partial charge in [-0.15, -0.1) is 0 Å². The number of ether oxygens (including phenoxy) is 1. The van der Waals surface area contributed by atoms with Gasteiger partial charge in [0.1, 0.15) is 6.26 Å². The first kappa shape index (κ1) is 21.4. The van der Waals surface area contributed by atoms with Gasteiger partial charge < -0.3 is 19.8 Å². The van der Waals surface area contributed by atoms with Crippen molar-refractivity contribution in [3.63, 3.8) is 0 Å². The maximum Gasteiger partial charge on any atom is 0.226 e. The van der Waals surface area contributed by atoms with Crippen molar-refractivity contribution in [3.8, 4) is 17.3 Å². The highest BCUT2D eigenvalue weighted by Crippen LogP contribution is 2.19. The van der Waals surface area contributed by atoms with Gasteiger partial charge in [0.15, 0.2) is 5.96 Å². The molecule has 0 saturated carbocycles. The van der Waals surface area contributed by atoms with Crippen molar-refractivity contribution in [1.29, 1.82) is 0 Å². The molecule has 0 amide bonds. The van der Waals surface area contributed by atoms with Crippen LogP contribution in [0.1, 0.15) is 36.6 Å². The van der Waals surface area contributed by atoms with Gasteiger partial charge in [-0.1, -0.05) is 37.1 Å². The van der Waals surface area contributed by atoms with Crippen LogP contribution in [-0.4, -0.2) is 29.6 Å². The molecule has 0 aliphatic heterocycles. The molecule has 3 rings (SSSR count). The molecule has 30 heavy (non-hydrogen) atoms. The maximum atomic E-state index is 5.79. The number of nitrogens with zero attached hydrogens (tertiary/aromatic N) is 3. The van der Waals surface area contributed by atoms with Gasteiger partial charge in [-0.25, -0.2) is 9.97 Å². The zero-order valence-electron chi connectivity index (χ0n) is 17.8. The molecule has 0 saturated heterocycles. The Balaban J connectivity index is 1.53. The van der Waals surface area contributed by atoms with Crippen molar-refractivity contribution < 1.29 is 9.15 Å². The third kappa shape index (κ3) is 6.07. The van der Waals surface area contributed by atoms with Gasteiger partial charge in [0.05, 0.1) is 18.8 Å². The lowest BCUT2D eigenvalue weighted by Crippen LogP contribution is -2.36. The number of oxazole rings is 1. The van der Waals surface area contributed by atoms with Crippen LogP contribution in [0.15, 0.2) is 58.3 Å². The summed E-state index contributed by atoms with van der Waals surface area (Å²) in [6.07, 6.45) is 5.50. The first-order valence-corrected chi connectivity index (χ1v) is 10.2. The van der Waals surface area contributed by atoms with Crippen molar-refractivity contribution in [3.05, 3.63) is 65.7 Å². The Kier molecular flexibility index (Phi) is 7.83. The monoisotopic (exact) mass is 407 g/mol. The van der Waals surface area contributed by atoms with Crippen LogP contribution >= 0.6 is 0 Å². The van der Waals surface area contributed by atoms with E-state index >= 15 is 0 Å². The molecule has 0 bridgehead atoms. The Morgan fingerprint density at radius 1 is 1.13 bits per heavy atom. The van der Waals surface area contributed by atoms with Crippen LogP contribution in [0.5, 0.6) is 5.88 Å². The highest BCUT2D eigenvalue weighted by atomic mass is 16.5. The van der Waals surface area contributed by atoms with Gasteiger partial charge in [0, 0.05) is 30.9 Å². The summed E-state index contributed by atoms with van der Waals surface area (Å²) < 4.78 is 11.4. The van der Waals surface area contributed by atoms with Gasteiger partial charge in [-0.2, -0.15) is 0 Å². The molecule has 1 aromatic carbocycles. The van der Waals surface area contributed by atoms with E-state index in [0.717, 1.165) is 29.7 Å². The van der Waals surface area contributed by atoms with E-state index < -0.39 is 0 Å². The predicted octanol–water partition coefficient (Wildman–Crippen LogP) is 4.09. The largest absolute Gasteiger partial charge is 0.477 e. The normalized spacial score (nSPS) is 11.4. The third-order valence-corrected chi connectivity index (χ3v) is 4.54. The average molecular weight is 408 g/mol. The van der Waals surface area contributed by atoms with Gasteiger partial charge >= 0.3 is 0 Å². The molecule has 0 spiro atoms. The van der Waals surface area contributed by atoms with Gasteiger partial charge in [-0.05, 0) is 31.5 Å². The molecule has 3 aromatic rings. The minimum absolute atomic E-state index is 0.502. The summed E-state index contributed by atoms with van der Waals surface area (Å²) in [6.45, 7) is 5.92. The minimum atomic E-state index is 0.502. The second-order valence-corrected chi connectivity index (χ2v) is 6.96. The molecular weight excluding hydrogens is 378 g/mol. The predicted molar refractivity (Wildman–Crippen MR) is 118 cm³/mol. The Hall–Kier alpha value is -3.35. The molecule has 158 valence electrons. The summed E-state index contributed by atoms with van der Waals surface area (Å²) in [4.78, 5) is 13.2. The number of pyridine rings is 1. The molecule has 0 fully saturated rings. The van der Waals surface area contributed by atoms with Gasteiger partial charge in [0.2, 0.25) is 11.8 Å². The number of hydrogen-bond acceptors (Lipinski definition) is 5. The Morgan fingerprint density at radius 2 is 1.93 bits per heavy atom. The standard InChI is InChI=1S/C23H29N5O2/c1-4-5-13-29-21-19(7-6-12-25-21)14-26-23(24-3)27-15-20-16-30-22(28-20)18-10-8-17(2)9-11-18/h6-12,16H,4-5,13-15H2,1-3H3,(H2,24,26,27). The summed E-state index contributed by atoms with van der Waals surface area (Å²) >= 11 is 0. The zero-order valence-corrected chi connectivity index (χ0v) is 17.8. The van der Waals surface area contributed by atoms with E-state index in [2.05, 4.69) is 39.4 Å². The third-order valence-electron chi connectivity index (χ3n) is 4.54. The van der Waals surface area contributed by atoms with E-state index in [-0.39, 0.29) is 0 Å². The summed E-state index contributed by atoms with van der Waals surface area (Å²) in [5, 5.41) is 6.55. The van der Waals surface area contributed by atoms with Crippen molar-refractivity contribution in [2.24, 2.45) is 4.99 Å². The van der Waals surface area contributed by atoms with Crippen LogP contribution in [0.2, 0.25) is 0 Å². The summed E-state index contributed by atoms with van der Waals surface area (Å²) in [6, 6.07) is 12.0. The van der Waals surface area contributed by atoms with Crippen LogP contribution in [0.4, 0.5) is 0 Å². The maximum absolute atomic E-state index is 5.79. The highest BCUT2D eigenvalue weighted by Gasteiger charge is 2.09. The molecule has 7 heteroatoms. The van der Waals surface area contributed by atoms with E-state index in [4.69, 9.17) is 9.15 Å². The van der Waals surface area contributed by atoms with Crippen LogP contribution in [0.25, 0.3) is 11.5 Å². The number of nitrogens with one attached hydrogen (secondary N) is 2. The Morgan fingerprint density at radius 3 is 2.70 bits per heavy atom. The van der Waals surface area contributed by atoms with E-state index in [1.54, 1.807) is 19.5 Å². The molecule has 0 unspecified atom stereocenters. The molecule has 0 radical (unpaired) electrons. The zero-order chi connectivity index (χ0) is 21.2. The van der Waals surface area contributed by atoms with Gasteiger partial charge in [-0.3, -0.25) is 4.99 Å². The van der Waals surface area contributed by atoms with Crippen molar-refractivity contribution in [1.82, 2.24) is 20.6 Å². The SMILES string of the molecule is CCCCOc1ncccc1CNC(=NC)NCc1coc(-c2ccc(C)cc2)n1. The highest BCUT2D eigenvalue weighted by molar-refractivity contribution is 5.79. The first-order chi connectivity index (χ1) is 14.7. The number of aliphatic imine (C=N–C) groups is 1. The fraction of sp³-hybridized carbons (Fsp3) is 0.348. The van der Waals surface area contributed by atoms with Crippen LogP contribution < -0.4 is 15.4 Å². The smallest absolute Gasteiger partial charge is 0.226 e. The molecule has 2 N–H and O–H groups in total. The quantitative estimate of drug-likeness (QED) is 0.316. The average Bonchev–Trinajstić information content (AvgIpc) is 3.24. The number of hydrogen-bond donors (Lipinski definition) is 2. The number of rotatable bonds is 9. The van der Waals surface area contributed by atoms with Crippen LogP contribution in [0.3, 0.4) is 0 Å². The number of guanidine groups is 1. The molecular formula is C23H29N5O2. The van der Waals surface area contributed by atoms with E-state index in [9.17, 15) is 0 Å². The fourth-order valence-electron chi connectivity index (χ4n) is 2.79. The molecule has 2 aromatic heterocycles. The lowest BCUT2D eigenvalue weighted by Gasteiger charge is -2.13. The lowest BCUT2D eigenvalue weighted by atomic mass is 10.1. The number of aryl methyl sites for hydroxylation is 1. The Bertz CT molecular complexity index is 950. The Labute approximate surface area is 177 Å². The van der Waals surface area contributed by atoms with Crippen molar-refractivity contribution in [2.45, 2.75) is 39.8 Å². The topological polar surface area (TPSA) is 84.6 Å². The van der Waals surface area contributed by atoms with Gasteiger partial charge in [0.25, 0.3) is 0 Å². The molecule has 2 heterocycles. The molecule has 0 aliphatic rings. The van der Waals surface area contributed by atoms with Crippen molar-refractivity contribution >= 4 is 5.96 Å². The first-order valence-electron chi connectivity index (χ1n) is 10.2. The van der Waals surface area contributed by atoms with E-state index in [1.807, 2.05) is 36.4 Å². The van der Waals surface area contributed by atoms with Crippen LogP contribution in [-0.2, 0) is 13.1 Å². The molecule has 7 nitrogen and oxygen atoms in total. The van der Waals surface area contributed by atoms with Crippen molar-refractivity contribution in [2.75, 3.05) is 13.7 Å². The number of unbranched alkanes of at least 4 members (excludes halogenated alkanes) is 1. The minimum Gasteiger partial charge on any atom is -0.477 e. The molecule has 0 atom stereocenters. The second-order valence-electron chi connectivity index (χ2n) is 6.96. The lowest BCUT2D eigenvalue weighted by molar-refractivity contribution is 0.294. The fourth-order valence-corrected chi connectivity index (χ4v) is 2.79.